The van der Waals surface area contributed by atoms with Crippen LogP contribution in [0.1, 0.15) is 35.1 Å². The van der Waals surface area contributed by atoms with Crippen LogP contribution < -0.4 is 5.63 Å². The Morgan fingerprint density at radius 3 is 2.38 bits per heavy atom. The molecule has 26 heavy (non-hydrogen) atoms. The van der Waals surface area contributed by atoms with E-state index >= 15 is 0 Å². The second-order valence-corrected chi connectivity index (χ2v) is 7.33. The van der Waals surface area contributed by atoms with Gasteiger partial charge in [0.1, 0.15) is 5.58 Å². The van der Waals surface area contributed by atoms with Crippen molar-refractivity contribution in [1.29, 1.82) is 0 Å². The van der Waals surface area contributed by atoms with E-state index in [0.29, 0.717) is 5.58 Å². The van der Waals surface area contributed by atoms with Crippen molar-refractivity contribution in [1.82, 2.24) is 4.90 Å². The third-order valence-corrected chi connectivity index (χ3v) is 5.44. The van der Waals surface area contributed by atoms with Crippen LogP contribution in [0.4, 0.5) is 0 Å². The molecular formula is C23H25NO2. The van der Waals surface area contributed by atoms with E-state index in [1.165, 1.54) is 54.3 Å². The number of aryl methyl sites for hydroxylation is 3. The van der Waals surface area contributed by atoms with E-state index in [0.717, 1.165) is 24.8 Å². The lowest BCUT2D eigenvalue weighted by Gasteiger charge is -2.15. The predicted octanol–water partition coefficient (Wildman–Crippen LogP) is 4.48. The van der Waals surface area contributed by atoms with Crippen LogP contribution in [0.5, 0.6) is 0 Å². The van der Waals surface area contributed by atoms with Gasteiger partial charge in [-0.2, -0.15) is 0 Å². The van der Waals surface area contributed by atoms with Gasteiger partial charge in [-0.05, 0) is 80.1 Å². The number of benzene rings is 2. The van der Waals surface area contributed by atoms with Crippen LogP contribution in [0.25, 0.3) is 11.0 Å². The third kappa shape index (κ3) is 3.73. The minimum absolute atomic E-state index is 0.291. The van der Waals surface area contributed by atoms with Crippen molar-refractivity contribution in [3.63, 3.8) is 0 Å². The predicted molar refractivity (Wildman–Crippen MR) is 106 cm³/mol. The molecule has 4 rings (SSSR count). The Morgan fingerprint density at radius 2 is 1.62 bits per heavy atom. The van der Waals surface area contributed by atoms with Crippen molar-refractivity contribution in [2.45, 2.75) is 39.2 Å². The molecule has 2 aromatic carbocycles. The van der Waals surface area contributed by atoms with Gasteiger partial charge in [0.2, 0.25) is 0 Å². The molecule has 0 saturated carbocycles. The van der Waals surface area contributed by atoms with E-state index in [1.54, 1.807) is 0 Å². The Hall–Kier alpha value is -2.39. The smallest absolute Gasteiger partial charge is 0.336 e. The third-order valence-electron chi connectivity index (χ3n) is 5.44. The molecule has 0 radical (unpaired) electrons. The molecule has 0 amide bonds. The lowest BCUT2D eigenvalue weighted by molar-refractivity contribution is 0.331. The van der Waals surface area contributed by atoms with Crippen LogP contribution in [0.15, 0.2) is 57.7 Å². The second-order valence-electron chi connectivity index (χ2n) is 7.33. The monoisotopic (exact) mass is 347 g/mol. The van der Waals surface area contributed by atoms with Gasteiger partial charge in [0.05, 0.1) is 0 Å². The maximum atomic E-state index is 11.4. The van der Waals surface area contributed by atoms with Crippen LogP contribution in [0.3, 0.4) is 0 Å². The van der Waals surface area contributed by atoms with Crippen molar-refractivity contribution in [2.75, 3.05) is 13.1 Å². The highest BCUT2D eigenvalue weighted by molar-refractivity contribution is 5.81. The first kappa shape index (κ1) is 17.0. The highest BCUT2D eigenvalue weighted by Crippen LogP contribution is 2.23. The topological polar surface area (TPSA) is 33.5 Å². The van der Waals surface area contributed by atoms with Gasteiger partial charge in [-0.3, -0.25) is 4.90 Å². The zero-order valence-electron chi connectivity index (χ0n) is 15.3. The van der Waals surface area contributed by atoms with Gasteiger partial charge in [0.25, 0.3) is 0 Å². The molecule has 1 fully saturated rings. The Bertz CT molecular complexity index is 950. The van der Waals surface area contributed by atoms with E-state index in [-0.39, 0.29) is 5.63 Å². The Balaban J connectivity index is 1.47. The summed E-state index contributed by atoms with van der Waals surface area (Å²) in [5, 5.41) is 1.05. The van der Waals surface area contributed by atoms with E-state index in [9.17, 15) is 4.79 Å². The molecule has 0 aliphatic carbocycles. The molecule has 1 aliphatic heterocycles. The van der Waals surface area contributed by atoms with Crippen LogP contribution in [0.2, 0.25) is 0 Å². The highest BCUT2D eigenvalue weighted by atomic mass is 16.4. The zero-order valence-corrected chi connectivity index (χ0v) is 15.3. The zero-order chi connectivity index (χ0) is 17.9. The standard InChI is InChI=1S/C23H25NO2/c1-17-4-12-22-21(11-13-23(25)26-22)20(17)10-9-18-5-7-19(8-6-18)16-24-14-2-3-15-24/h4-8,11-13H,2-3,9-10,14-16H2,1H3. The Kier molecular flexibility index (Phi) is 4.89. The maximum absolute atomic E-state index is 11.4. The van der Waals surface area contributed by atoms with Crippen LogP contribution in [0, 0.1) is 6.92 Å². The van der Waals surface area contributed by atoms with Gasteiger partial charge in [-0.25, -0.2) is 4.79 Å². The molecule has 0 unspecified atom stereocenters. The van der Waals surface area contributed by atoms with Crippen LogP contribution in [-0.4, -0.2) is 18.0 Å². The van der Waals surface area contributed by atoms with Gasteiger partial charge < -0.3 is 4.42 Å². The van der Waals surface area contributed by atoms with Gasteiger partial charge >= 0.3 is 5.63 Å². The normalized spacial score (nSPS) is 15.0. The largest absolute Gasteiger partial charge is 0.423 e. The van der Waals surface area contributed by atoms with E-state index in [4.69, 9.17) is 4.42 Å². The van der Waals surface area contributed by atoms with E-state index in [2.05, 4.69) is 36.1 Å². The van der Waals surface area contributed by atoms with Crippen molar-refractivity contribution < 1.29 is 4.42 Å². The lowest BCUT2D eigenvalue weighted by Crippen LogP contribution is -2.18. The van der Waals surface area contributed by atoms with Crippen molar-refractivity contribution in [3.05, 3.63) is 81.2 Å². The molecule has 0 bridgehead atoms. The fourth-order valence-electron chi connectivity index (χ4n) is 3.93. The second kappa shape index (κ2) is 7.46. The first-order valence-electron chi connectivity index (χ1n) is 9.51. The summed E-state index contributed by atoms with van der Waals surface area (Å²) in [6.45, 7) is 5.66. The number of likely N-dealkylation sites (tertiary alicyclic amines) is 1. The molecule has 1 aliphatic rings. The molecule has 2 heterocycles. The summed E-state index contributed by atoms with van der Waals surface area (Å²) < 4.78 is 5.33. The minimum Gasteiger partial charge on any atom is -0.423 e. The molecule has 3 heteroatoms. The molecule has 3 nitrogen and oxygen atoms in total. The van der Waals surface area contributed by atoms with Crippen LogP contribution in [-0.2, 0) is 19.4 Å². The summed E-state index contributed by atoms with van der Waals surface area (Å²) >= 11 is 0. The maximum Gasteiger partial charge on any atom is 0.336 e. The fourth-order valence-corrected chi connectivity index (χ4v) is 3.93. The summed E-state index contributed by atoms with van der Waals surface area (Å²) in [5.41, 5.74) is 5.66. The van der Waals surface area contributed by atoms with Gasteiger partial charge in [0.15, 0.2) is 0 Å². The SMILES string of the molecule is Cc1ccc2oc(=O)ccc2c1CCc1ccc(CN2CCCC2)cc1. The highest BCUT2D eigenvalue weighted by Gasteiger charge is 2.12. The molecule has 134 valence electrons. The molecular weight excluding hydrogens is 322 g/mol. The average molecular weight is 347 g/mol. The first-order valence-corrected chi connectivity index (χ1v) is 9.51. The average Bonchev–Trinajstić information content (AvgIpc) is 3.15. The molecule has 0 atom stereocenters. The van der Waals surface area contributed by atoms with Crippen molar-refractivity contribution in [2.24, 2.45) is 0 Å². The molecule has 0 spiro atoms. The lowest BCUT2D eigenvalue weighted by atomic mass is 9.96. The van der Waals surface area contributed by atoms with E-state index in [1.807, 2.05) is 18.2 Å². The Labute approximate surface area is 154 Å². The van der Waals surface area contributed by atoms with Gasteiger partial charge in [-0.1, -0.05) is 30.3 Å². The minimum atomic E-state index is -0.291. The molecule has 1 saturated heterocycles. The van der Waals surface area contributed by atoms with Crippen LogP contribution >= 0.6 is 0 Å². The summed E-state index contributed by atoms with van der Waals surface area (Å²) in [4.78, 5) is 14.0. The molecule has 0 N–H and O–H groups in total. The summed E-state index contributed by atoms with van der Waals surface area (Å²) in [7, 11) is 0. The summed E-state index contributed by atoms with van der Waals surface area (Å²) in [5.74, 6) is 0. The first-order chi connectivity index (χ1) is 12.7. The number of fused-ring (bicyclic) bond motifs is 1. The van der Waals surface area contributed by atoms with Gasteiger partial charge in [0, 0.05) is 18.0 Å². The fraction of sp³-hybridized carbons (Fsp3) is 0.348. The number of hydrogen-bond acceptors (Lipinski definition) is 3. The molecule has 1 aromatic heterocycles. The van der Waals surface area contributed by atoms with Crippen molar-refractivity contribution >= 4 is 11.0 Å². The Morgan fingerprint density at radius 1 is 0.885 bits per heavy atom. The number of hydrogen-bond donors (Lipinski definition) is 0. The quantitative estimate of drug-likeness (QED) is 0.638. The molecule has 3 aromatic rings. The number of rotatable bonds is 5. The summed E-state index contributed by atoms with van der Waals surface area (Å²) in [6, 6.07) is 16.4. The van der Waals surface area contributed by atoms with Gasteiger partial charge in [-0.15, -0.1) is 0 Å². The van der Waals surface area contributed by atoms with E-state index < -0.39 is 0 Å². The number of nitrogens with zero attached hydrogens (tertiary/aromatic N) is 1. The summed E-state index contributed by atoms with van der Waals surface area (Å²) in [6.07, 6.45) is 4.61. The van der Waals surface area contributed by atoms with Crippen molar-refractivity contribution in [3.8, 4) is 0 Å².